The average molecular weight is 273 g/mol. The molecule has 2 heterocycles. The molecule has 0 saturated carbocycles. The quantitative estimate of drug-likeness (QED) is 0.795. The van der Waals surface area contributed by atoms with Crippen molar-refractivity contribution in [2.24, 2.45) is 0 Å². The van der Waals surface area contributed by atoms with Gasteiger partial charge in [-0.25, -0.2) is 4.68 Å². The van der Waals surface area contributed by atoms with Crippen LogP contribution < -0.4 is 0 Å². The van der Waals surface area contributed by atoms with Gasteiger partial charge in [-0.1, -0.05) is 30.3 Å². The fourth-order valence-electron chi connectivity index (χ4n) is 2.23. The number of hydrogen-bond donors (Lipinski definition) is 1. The van der Waals surface area contributed by atoms with Gasteiger partial charge in [0.1, 0.15) is 6.10 Å². The lowest BCUT2D eigenvalue weighted by Gasteiger charge is -2.11. The number of nitrogens with zero attached hydrogens (tertiary/aromatic N) is 3. The van der Waals surface area contributed by atoms with Crippen molar-refractivity contribution in [1.82, 2.24) is 15.0 Å². The van der Waals surface area contributed by atoms with E-state index in [0.29, 0.717) is 0 Å². The van der Waals surface area contributed by atoms with Gasteiger partial charge in [-0.2, -0.15) is 0 Å². The lowest BCUT2D eigenvalue weighted by molar-refractivity contribution is 0.209. The Balaban J connectivity index is 2.03. The minimum absolute atomic E-state index is 0.669. The van der Waals surface area contributed by atoms with E-state index in [0.717, 1.165) is 29.6 Å². The maximum Gasteiger partial charge on any atom is 0.124 e. The molecule has 1 unspecified atom stereocenters. The van der Waals surface area contributed by atoms with Gasteiger partial charge >= 0.3 is 0 Å². The average Bonchev–Trinajstić information content (AvgIpc) is 3.04. The van der Waals surface area contributed by atoms with Crippen LogP contribution in [0.3, 0.4) is 0 Å². The highest BCUT2D eigenvalue weighted by Crippen LogP contribution is 2.33. The van der Waals surface area contributed by atoms with Crippen molar-refractivity contribution >= 4 is 21.4 Å². The summed E-state index contributed by atoms with van der Waals surface area (Å²) in [5, 5.41) is 21.6. The SMILES string of the molecule is CCCn1nncc1C(O)c1csc2ccccc12. The van der Waals surface area contributed by atoms with Gasteiger partial charge in [-0.05, 0) is 23.3 Å². The van der Waals surface area contributed by atoms with Crippen LogP contribution in [-0.2, 0) is 6.54 Å². The first-order valence-corrected chi connectivity index (χ1v) is 7.21. The van der Waals surface area contributed by atoms with E-state index in [9.17, 15) is 5.11 Å². The third-order valence-electron chi connectivity index (χ3n) is 3.17. The lowest BCUT2D eigenvalue weighted by Crippen LogP contribution is -2.09. The van der Waals surface area contributed by atoms with Gasteiger partial charge in [0.2, 0.25) is 0 Å². The van der Waals surface area contributed by atoms with E-state index in [2.05, 4.69) is 23.3 Å². The van der Waals surface area contributed by atoms with Crippen LogP contribution in [0.5, 0.6) is 0 Å². The number of benzene rings is 1. The molecule has 1 N–H and O–H groups in total. The zero-order valence-corrected chi connectivity index (χ0v) is 11.5. The zero-order valence-electron chi connectivity index (χ0n) is 10.7. The van der Waals surface area contributed by atoms with E-state index in [1.165, 1.54) is 4.70 Å². The highest BCUT2D eigenvalue weighted by atomic mass is 32.1. The number of thiophene rings is 1. The maximum atomic E-state index is 10.6. The van der Waals surface area contributed by atoms with Gasteiger partial charge in [0.25, 0.3) is 0 Å². The topological polar surface area (TPSA) is 50.9 Å². The molecule has 0 amide bonds. The third-order valence-corrected chi connectivity index (χ3v) is 4.15. The summed E-state index contributed by atoms with van der Waals surface area (Å²) in [4.78, 5) is 0. The minimum atomic E-state index is -0.669. The number of fused-ring (bicyclic) bond motifs is 1. The summed E-state index contributed by atoms with van der Waals surface area (Å²) in [6, 6.07) is 8.11. The van der Waals surface area contributed by atoms with E-state index in [-0.39, 0.29) is 0 Å². The summed E-state index contributed by atoms with van der Waals surface area (Å²) >= 11 is 1.65. The number of hydrogen-bond acceptors (Lipinski definition) is 4. The Morgan fingerprint density at radius 3 is 3.05 bits per heavy atom. The van der Waals surface area contributed by atoms with Crippen LogP contribution in [0, 0.1) is 0 Å². The smallest absolute Gasteiger partial charge is 0.124 e. The molecule has 0 radical (unpaired) electrons. The first kappa shape index (κ1) is 12.3. The molecule has 3 aromatic rings. The molecule has 1 aromatic carbocycles. The lowest BCUT2D eigenvalue weighted by atomic mass is 10.1. The summed E-state index contributed by atoms with van der Waals surface area (Å²) in [6.45, 7) is 2.85. The molecular formula is C14H15N3OS. The van der Waals surface area contributed by atoms with Crippen LogP contribution in [0.2, 0.25) is 0 Å². The van der Waals surface area contributed by atoms with Crippen LogP contribution in [0.15, 0.2) is 35.8 Å². The molecule has 0 aliphatic heterocycles. The fourth-order valence-corrected chi connectivity index (χ4v) is 3.21. The van der Waals surface area contributed by atoms with Crippen LogP contribution in [0.1, 0.15) is 30.7 Å². The van der Waals surface area contributed by atoms with Gasteiger partial charge in [-0.3, -0.25) is 0 Å². The van der Waals surface area contributed by atoms with Crippen molar-refractivity contribution in [2.75, 3.05) is 0 Å². The van der Waals surface area contributed by atoms with Crippen molar-refractivity contribution in [1.29, 1.82) is 0 Å². The Labute approximate surface area is 115 Å². The van der Waals surface area contributed by atoms with Gasteiger partial charge in [-0.15, -0.1) is 16.4 Å². The number of aliphatic hydroxyl groups is 1. The minimum Gasteiger partial charge on any atom is -0.382 e. The molecule has 19 heavy (non-hydrogen) atoms. The highest BCUT2D eigenvalue weighted by molar-refractivity contribution is 7.17. The molecule has 0 saturated heterocycles. The summed E-state index contributed by atoms with van der Waals surface area (Å²) in [7, 11) is 0. The van der Waals surface area contributed by atoms with Gasteiger partial charge in [0.15, 0.2) is 0 Å². The molecule has 1 atom stereocenters. The van der Waals surface area contributed by atoms with Gasteiger partial charge < -0.3 is 5.11 Å². The summed E-state index contributed by atoms with van der Waals surface area (Å²) in [5.74, 6) is 0. The molecule has 0 fully saturated rings. The Bertz CT molecular complexity index is 689. The summed E-state index contributed by atoms with van der Waals surface area (Å²) in [6.07, 6.45) is 1.94. The molecule has 0 bridgehead atoms. The van der Waals surface area contributed by atoms with Crippen molar-refractivity contribution < 1.29 is 5.11 Å². The van der Waals surface area contributed by atoms with E-state index in [1.807, 2.05) is 23.6 Å². The second kappa shape index (κ2) is 5.11. The number of rotatable bonds is 4. The highest BCUT2D eigenvalue weighted by Gasteiger charge is 2.19. The normalized spacial score (nSPS) is 12.9. The molecule has 0 spiro atoms. The first-order chi connectivity index (χ1) is 9.31. The number of aliphatic hydroxyl groups excluding tert-OH is 1. The fraction of sp³-hybridized carbons (Fsp3) is 0.286. The van der Waals surface area contributed by atoms with E-state index in [4.69, 9.17) is 0 Å². The molecule has 3 rings (SSSR count). The summed E-state index contributed by atoms with van der Waals surface area (Å²) < 4.78 is 2.96. The van der Waals surface area contributed by atoms with Crippen molar-refractivity contribution in [3.63, 3.8) is 0 Å². The Hall–Kier alpha value is -1.72. The number of aromatic nitrogens is 3. The van der Waals surface area contributed by atoms with Gasteiger partial charge in [0, 0.05) is 16.8 Å². The number of aryl methyl sites for hydroxylation is 1. The molecule has 2 aromatic heterocycles. The Morgan fingerprint density at radius 2 is 2.21 bits per heavy atom. The standard InChI is InChI=1S/C14H15N3OS/c1-2-7-17-12(8-15-16-17)14(18)11-9-19-13-6-4-3-5-10(11)13/h3-6,8-9,14,18H,2,7H2,1H3. The monoisotopic (exact) mass is 273 g/mol. The largest absolute Gasteiger partial charge is 0.382 e. The van der Waals surface area contributed by atoms with Crippen LogP contribution in [-0.4, -0.2) is 20.1 Å². The van der Waals surface area contributed by atoms with Crippen molar-refractivity contribution in [2.45, 2.75) is 26.0 Å². The van der Waals surface area contributed by atoms with Gasteiger partial charge in [0.05, 0.1) is 11.9 Å². The second-order valence-electron chi connectivity index (χ2n) is 4.47. The van der Waals surface area contributed by atoms with Crippen LogP contribution in [0.25, 0.3) is 10.1 Å². The first-order valence-electron chi connectivity index (χ1n) is 6.34. The summed E-state index contributed by atoms with van der Waals surface area (Å²) in [5.41, 5.74) is 1.69. The second-order valence-corrected chi connectivity index (χ2v) is 5.38. The van der Waals surface area contributed by atoms with Crippen molar-refractivity contribution in [3.05, 3.63) is 47.1 Å². The molecule has 5 heteroatoms. The zero-order chi connectivity index (χ0) is 13.2. The molecule has 98 valence electrons. The van der Waals surface area contributed by atoms with E-state index >= 15 is 0 Å². The van der Waals surface area contributed by atoms with Crippen molar-refractivity contribution in [3.8, 4) is 0 Å². The molecule has 4 nitrogen and oxygen atoms in total. The van der Waals surface area contributed by atoms with Crippen LogP contribution >= 0.6 is 11.3 Å². The van der Waals surface area contributed by atoms with Crippen LogP contribution in [0.4, 0.5) is 0 Å². The Kier molecular flexibility index (Phi) is 3.31. The maximum absolute atomic E-state index is 10.6. The molecular weight excluding hydrogens is 258 g/mol. The third kappa shape index (κ3) is 2.15. The molecule has 0 aliphatic rings. The van der Waals surface area contributed by atoms with E-state index in [1.54, 1.807) is 22.2 Å². The molecule has 0 aliphatic carbocycles. The van der Waals surface area contributed by atoms with E-state index < -0.39 is 6.10 Å². The predicted octanol–water partition coefficient (Wildman–Crippen LogP) is 2.98. The predicted molar refractivity (Wildman–Crippen MR) is 76.2 cm³/mol. The Morgan fingerprint density at radius 1 is 1.37 bits per heavy atom.